The lowest BCUT2D eigenvalue weighted by Crippen LogP contribution is -2.57. The molecule has 1 aromatic rings. The summed E-state index contributed by atoms with van der Waals surface area (Å²) in [7, 11) is 0. The Bertz CT molecular complexity index is 642. The van der Waals surface area contributed by atoms with Crippen molar-refractivity contribution in [3.05, 3.63) is 16.9 Å². The van der Waals surface area contributed by atoms with Gasteiger partial charge in [0.15, 0.2) is 0 Å². The lowest BCUT2D eigenvalue weighted by atomic mass is 10.0. The van der Waals surface area contributed by atoms with Crippen LogP contribution in [0.4, 0.5) is 5.88 Å². The first-order chi connectivity index (χ1) is 10.6. The number of carbonyl (C=O) groups excluding carboxylic acids is 1. The highest BCUT2D eigenvalue weighted by Gasteiger charge is 2.35. The summed E-state index contributed by atoms with van der Waals surface area (Å²) < 4.78 is 11.4. The second-order valence-corrected chi connectivity index (χ2v) is 6.88. The molecule has 2 heterocycles. The molecule has 1 aliphatic rings. The third-order valence-electron chi connectivity index (χ3n) is 4.26. The molecule has 0 aromatic carbocycles. The van der Waals surface area contributed by atoms with Gasteiger partial charge in [0.25, 0.3) is 0 Å². The molecular weight excluding hydrogens is 294 g/mol. The van der Waals surface area contributed by atoms with E-state index >= 15 is 0 Å². The number of ether oxygens (including phenoxy) is 1. The average Bonchev–Trinajstić information content (AvgIpc) is 2.70. The zero-order valence-electron chi connectivity index (χ0n) is 14.7. The molecule has 0 bridgehead atoms. The molecule has 0 saturated carbocycles. The van der Waals surface area contributed by atoms with Crippen LogP contribution in [0.15, 0.2) is 4.42 Å². The van der Waals surface area contributed by atoms with Gasteiger partial charge in [0.05, 0.1) is 17.7 Å². The summed E-state index contributed by atoms with van der Waals surface area (Å²) in [5, 5.41) is 12.0. The summed E-state index contributed by atoms with van der Waals surface area (Å²) in [5.41, 5.74) is 0.859. The second kappa shape index (κ2) is 6.34. The highest BCUT2D eigenvalue weighted by Crippen LogP contribution is 2.27. The third-order valence-corrected chi connectivity index (χ3v) is 4.26. The number of aryl methyl sites for hydroxylation is 1. The summed E-state index contributed by atoms with van der Waals surface area (Å²) >= 11 is 0. The highest BCUT2D eigenvalue weighted by atomic mass is 16.5. The van der Waals surface area contributed by atoms with E-state index in [2.05, 4.69) is 16.3 Å². The molecule has 6 nitrogen and oxygen atoms in total. The van der Waals surface area contributed by atoms with Crippen LogP contribution in [0.25, 0.3) is 0 Å². The summed E-state index contributed by atoms with van der Waals surface area (Å²) in [5.74, 6) is 0.700. The number of morpholine rings is 1. The smallest absolute Gasteiger partial charge is 0.243 e. The van der Waals surface area contributed by atoms with Crippen LogP contribution in [0.2, 0.25) is 0 Å². The minimum Gasteiger partial charge on any atom is -0.444 e. The van der Waals surface area contributed by atoms with E-state index in [1.807, 2.05) is 34.6 Å². The van der Waals surface area contributed by atoms with Crippen molar-refractivity contribution in [3.8, 4) is 6.07 Å². The quantitative estimate of drug-likeness (QED) is 0.926. The standard InChI is InChI=1S/C17H25N3O3/c1-10-8-20(9-17(5,6)23-10)12(3)15(21)19-16-14(7-18)11(2)13(4)22-16/h10,12H,8-9H2,1-6H3,(H,19,21). The molecular formula is C17H25N3O3. The average molecular weight is 319 g/mol. The molecule has 2 unspecified atom stereocenters. The van der Waals surface area contributed by atoms with Gasteiger partial charge in [0, 0.05) is 18.7 Å². The molecule has 1 aromatic heterocycles. The molecule has 2 atom stereocenters. The molecule has 0 aliphatic carbocycles. The maximum Gasteiger partial charge on any atom is 0.243 e. The largest absolute Gasteiger partial charge is 0.444 e. The number of furan rings is 1. The van der Waals surface area contributed by atoms with Crippen LogP contribution in [0.3, 0.4) is 0 Å². The first-order valence-electron chi connectivity index (χ1n) is 7.87. The number of amides is 1. The molecule has 2 rings (SSSR count). The Hall–Kier alpha value is -1.84. The van der Waals surface area contributed by atoms with Crippen molar-refractivity contribution in [2.45, 2.75) is 59.3 Å². The lowest BCUT2D eigenvalue weighted by molar-refractivity contribution is -0.145. The Morgan fingerprint density at radius 3 is 2.70 bits per heavy atom. The number of hydrogen-bond donors (Lipinski definition) is 1. The van der Waals surface area contributed by atoms with Gasteiger partial charge in [-0.1, -0.05) is 0 Å². The van der Waals surface area contributed by atoms with E-state index in [1.54, 1.807) is 6.92 Å². The van der Waals surface area contributed by atoms with Crippen molar-refractivity contribution in [3.63, 3.8) is 0 Å². The Labute approximate surface area is 137 Å². The molecule has 1 N–H and O–H groups in total. The minimum atomic E-state index is -0.335. The van der Waals surface area contributed by atoms with Crippen molar-refractivity contribution in [1.82, 2.24) is 4.90 Å². The Morgan fingerprint density at radius 1 is 1.48 bits per heavy atom. The minimum absolute atomic E-state index is 0.0665. The molecule has 1 aliphatic heterocycles. The predicted octanol–water partition coefficient (Wildman–Crippen LogP) is 2.59. The van der Waals surface area contributed by atoms with Gasteiger partial charge in [-0.2, -0.15) is 5.26 Å². The number of hydrogen-bond acceptors (Lipinski definition) is 5. The van der Waals surface area contributed by atoms with E-state index in [9.17, 15) is 10.1 Å². The van der Waals surface area contributed by atoms with Crippen LogP contribution in [0, 0.1) is 25.2 Å². The molecule has 1 saturated heterocycles. The fraction of sp³-hybridized carbons (Fsp3) is 0.647. The molecule has 126 valence electrons. The number of rotatable bonds is 3. The van der Waals surface area contributed by atoms with E-state index in [0.29, 0.717) is 24.4 Å². The Morgan fingerprint density at radius 2 is 2.13 bits per heavy atom. The SMILES string of the molecule is Cc1oc(NC(=O)C(C)N2CC(C)OC(C)(C)C2)c(C#N)c1C. The fourth-order valence-electron chi connectivity index (χ4n) is 3.03. The van der Waals surface area contributed by atoms with Crippen molar-refractivity contribution in [2.24, 2.45) is 0 Å². The number of nitriles is 1. The van der Waals surface area contributed by atoms with Crippen molar-refractivity contribution >= 4 is 11.8 Å². The van der Waals surface area contributed by atoms with Crippen LogP contribution in [-0.2, 0) is 9.53 Å². The number of anilines is 1. The van der Waals surface area contributed by atoms with Crippen molar-refractivity contribution in [2.75, 3.05) is 18.4 Å². The first kappa shape index (κ1) is 17.5. The van der Waals surface area contributed by atoms with E-state index < -0.39 is 0 Å². The Kier molecular flexibility index (Phi) is 4.83. The molecule has 23 heavy (non-hydrogen) atoms. The third kappa shape index (κ3) is 3.74. The van der Waals surface area contributed by atoms with Gasteiger partial charge in [-0.15, -0.1) is 0 Å². The van der Waals surface area contributed by atoms with E-state index in [-0.39, 0.29) is 29.5 Å². The maximum atomic E-state index is 12.6. The molecule has 0 spiro atoms. The van der Waals surface area contributed by atoms with Gasteiger partial charge in [0.2, 0.25) is 11.8 Å². The summed E-state index contributed by atoms with van der Waals surface area (Å²) in [6.45, 7) is 12.9. The highest BCUT2D eigenvalue weighted by molar-refractivity contribution is 5.94. The van der Waals surface area contributed by atoms with E-state index in [1.165, 1.54) is 0 Å². The normalized spacial score (nSPS) is 22.4. The summed E-state index contributed by atoms with van der Waals surface area (Å²) in [6, 6.07) is 1.75. The van der Waals surface area contributed by atoms with Crippen LogP contribution in [0.5, 0.6) is 0 Å². The summed E-state index contributed by atoms with van der Waals surface area (Å²) in [6.07, 6.45) is 0.0665. The lowest BCUT2D eigenvalue weighted by Gasteiger charge is -2.43. The molecule has 1 fully saturated rings. The maximum absolute atomic E-state index is 12.6. The zero-order valence-corrected chi connectivity index (χ0v) is 14.7. The van der Waals surface area contributed by atoms with Crippen molar-refractivity contribution in [1.29, 1.82) is 5.26 Å². The second-order valence-electron chi connectivity index (χ2n) is 6.88. The molecule has 0 radical (unpaired) electrons. The number of carbonyl (C=O) groups is 1. The number of nitrogens with one attached hydrogen (secondary N) is 1. The van der Waals surface area contributed by atoms with Crippen molar-refractivity contribution < 1.29 is 13.9 Å². The van der Waals surface area contributed by atoms with Gasteiger partial charge in [-0.3, -0.25) is 15.0 Å². The van der Waals surface area contributed by atoms with Gasteiger partial charge < -0.3 is 9.15 Å². The van der Waals surface area contributed by atoms with Gasteiger partial charge in [-0.05, 0) is 41.5 Å². The summed E-state index contributed by atoms with van der Waals surface area (Å²) in [4.78, 5) is 14.7. The monoisotopic (exact) mass is 319 g/mol. The van der Waals surface area contributed by atoms with Crippen LogP contribution < -0.4 is 5.32 Å². The van der Waals surface area contributed by atoms with Crippen LogP contribution in [-0.4, -0.2) is 41.6 Å². The fourth-order valence-corrected chi connectivity index (χ4v) is 3.03. The predicted molar refractivity (Wildman–Crippen MR) is 87.2 cm³/mol. The topological polar surface area (TPSA) is 78.5 Å². The molecule has 1 amide bonds. The van der Waals surface area contributed by atoms with Gasteiger partial charge >= 0.3 is 0 Å². The van der Waals surface area contributed by atoms with E-state index in [0.717, 1.165) is 5.56 Å². The van der Waals surface area contributed by atoms with Crippen LogP contribution in [0.1, 0.15) is 44.6 Å². The van der Waals surface area contributed by atoms with Crippen LogP contribution >= 0.6 is 0 Å². The molecule has 6 heteroatoms. The van der Waals surface area contributed by atoms with E-state index in [4.69, 9.17) is 9.15 Å². The number of nitrogens with zero attached hydrogens (tertiary/aromatic N) is 2. The van der Waals surface area contributed by atoms with Gasteiger partial charge in [0.1, 0.15) is 17.4 Å². The van der Waals surface area contributed by atoms with Gasteiger partial charge in [-0.25, -0.2) is 0 Å². The zero-order chi connectivity index (χ0) is 17.4. The Balaban J connectivity index is 2.12. The first-order valence-corrected chi connectivity index (χ1v) is 7.87.